The van der Waals surface area contributed by atoms with E-state index in [0.717, 1.165) is 36.6 Å². The molecule has 1 aliphatic heterocycles. The van der Waals surface area contributed by atoms with Crippen LogP contribution in [-0.4, -0.2) is 48.2 Å². The molecule has 4 rings (SSSR count). The number of ether oxygens (including phenoxy) is 1. The lowest BCUT2D eigenvalue weighted by atomic mass is 10.0. The second kappa shape index (κ2) is 9.77. The summed E-state index contributed by atoms with van der Waals surface area (Å²) in [5, 5.41) is 5.19. The Morgan fingerprint density at radius 3 is 2.61 bits per heavy atom. The van der Waals surface area contributed by atoms with Gasteiger partial charge in [0.15, 0.2) is 0 Å². The van der Waals surface area contributed by atoms with Crippen molar-refractivity contribution in [2.24, 2.45) is 0 Å². The van der Waals surface area contributed by atoms with E-state index in [4.69, 9.17) is 4.74 Å². The third kappa shape index (κ3) is 5.06. The molecule has 1 atom stereocenters. The number of nitrogens with zero attached hydrogens (tertiary/aromatic N) is 2. The van der Waals surface area contributed by atoms with Gasteiger partial charge in [-0.3, -0.25) is 9.69 Å². The van der Waals surface area contributed by atoms with Gasteiger partial charge in [0.2, 0.25) is 0 Å². The van der Waals surface area contributed by atoms with E-state index in [1.54, 1.807) is 23.5 Å². The minimum absolute atomic E-state index is 0.0249. The number of amides is 1. The zero-order valence-corrected chi connectivity index (χ0v) is 18.8. The quantitative estimate of drug-likeness (QED) is 0.599. The molecule has 2 aromatic heterocycles. The maximum Gasteiger partial charge on any atom is 0.253 e. The van der Waals surface area contributed by atoms with Crippen LogP contribution in [0.5, 0.6) is 0 Å². The minimum atomic E-state index is -0.258. The van der Waals surface area contributed by atoms with Gasteiger partial charge >= 0.3 is 0 Å². The van der Waals surface area contributed by atoms with Gasteiger partial charge < -0.3 is 14.6 Å². The molecule has 7 heteroatoms. The van der Waals surface area contributed by atoms with Crippen LogP contribution in [0.2, 0.25) is 0 Å². The molecule has 1 saturated heterocycles. The van der Waals surface area contributed by atoms with Crippen molar-refractivity contribution in [1.82, 2.24) is 14.8 Å². The highest BCUT2D eigenvalue weighted by molar-refractivity contribution is 7.09. The fourth-order valence-corrected chi connectivity index (χ4v) is 4.84. The maximum absolute atomic E-state index is 13.4. The Hall–Kier alpha value is -2.48. The van der Waals surface area contributed by atoms with Crippen LogP contribution < -0.4 is 5.32 Å². The molecule has 1 unspecified atom stereocenters. The summed E-state index contributed by atoms with van der Waals surface area (Å²) in [5.74, 6) is -0.336. The first-order chi connectivity index (χ1) is 15.0. The van der Waals surface area contributed by atoms with Crippen molar-refractivity contribution in [3.8, 4) is 0 Å². The second-order valence-electron chi connectivity index (χ2n) is 7.88. The molecule has 31 heavy (non-hydrogen) atoms. The number of nitrogens with one attached hydrogen (secondary N) is 1. The van der Waals surface area contributed by atoms with Crippen molar-refractivity contribution in [2.75, 3.05) is 32.8 Å². The van der Waals surface area contributed by atoms with Gasteiger partial charge in [-0.15, -0.1) is 11.3 Å². The number of carbonyl (C=O) groups excluding carboxylic acids is 1. The Morgan fingerprint density at radius 1 is 1.19 bits per heavy atom. The summed E-state index contributed by atoms with van der Waals surface area (Å²) in [6.07, 6.45) is 0. The van der Waals surface area contributed by atoms with Crippen LogP contribution in [0.15, 0.2) is 47.8 Å². The molecule has 3 aromatic rings. The average Bonchev–Trinajstić information content (AvgIpc) is 3.39. The molecular weight excluding hydrogens is 413 g/mol. The standard InChI is InChI=1S/C24H28FN3O2S/c1-17-14-22(18(2)28(17)16-21-4-3-13-31-21)24(29)26-15-23(27-9-11-30-12-10-27)19-5-7-20(25)8-6-19/h3-8,13-14,23H,9-12,15-16H2,1-2H3,(H,26,29). The number of benzene rings is 1. The van der Waals surface area contributed by atoms with Crippen molar-refractivity contribution in [1.29, 1.82) is 0 Å². The first-order valence-electron chi connectivity index (χ1n) is 10.6. The molecule has 0 saturated carbocycles. The van der Waals surface area contributed by atoms with Gasteiger partial charge in [-0.05, 0) is 49.1 Å². The number of aromatic nitrogens is 1. The van der Waals surface area contributed by atoms with Crippen molar-refractivity contribution in [3.63, 3.8) is 0 Å². The lowest BCUT2D eigenvalue weighted by Crippen LogP contribution is -2.43. The van der Waals surface area contributed by atoms with E-state index in [9.17, 15) is 9.18 Å². The summed E-state index contributed by atoms with van der Waals surface area (Å²) in [7, 11) is 0. The lowest BCUT2D eigenvalue weighted by molar-refractivity contribution is 0.0162. The Labute approximate surface area is 186 Å². The van der Waals surface area contributed by atoms with Crippen LogP contribution in [0.25, 0.3) is 0 Å². The van der Waals surface area contributed by atoms with Gasteiger partial charge in [0.25, 0.3) is 5.91 Å². The van der Waals surface area contributed by atoms with Gasteiger partial charge in [0, 0.05) is 35.9 Å². The van der Waals surface area contributed by atoms with E-state index in [-0.39, 0.29) is 17.8 Å². The van der Waals surface area contributed by atoms with Crippen LogP contribution in [-0.2, 0) is 11.3 Å². The number of aryl methyl sites for hydroxylation is 1. The maximum atomic E-state index is 13.4. The highest BCUT2D eigenvalue weighted by atomic mass is 32.1. The van der Waals surface area contributed by atoms with Crippen LogP contribution in [0, 0.1) is 19.7 Å². The molecule has 1 fully saturated rings. The summed E-state index contributed by atoms with van der Waals surface area (Å²) in [6.45, 7) is 8.15. The number of carbonyl (C=O) groups is 1. The third-order valence-electron chi connectivity index (χ3n) is 5.91. The SMILES string of the molecule is Cc1cc(C(=O)NCC(c2ccc(F)cc2)N2CCOCC2)c(C)n1Cc1cccs1. The first kappa shape index (κ1) is 21.7. The normalized spacial score (nSPS) is 15.7. The molecule has 0 bridgehead atoms. The van der Waals surface area contributed by atoms with Gasteiger partial charge in [0.05, 0.1) is 31.4 Å². The number of hydrogen-bond acceptors (Lipinski definition) is 4. The van der Waals surface area contributed by atoms with Gasteiger partial charge in [-0.25, -0.2) is 4.39 Å². The number of rotatable bonds is 7. The molecule has 1 N–H and O–H groups in total. The van der Waals surface area contributed by atoms with Crippen molar-refractivity contribution in [2.45, 2.75) is 26.4 Å². The molecule has 0 aliphatic carbocycles. The van der Waals surface area contributed by atoms with Crippen LogP contribution >= 0.6 is 11.3 Å². The van der Waals surface area contributed by atoms with Crippen molar-refractivity contribution < 1.29 is 13.9 Å². The first-order valence-corrected chi connectivity index (χ1v) is 11.5. The van der Waals surface area contributed by atoms with Crippen molar-refractivity contribution in [3.05, 3.63) is 81.1 Å². The fraction of sp³-hybridized carbons (Fsp3) is 0.375. The number of hydrogen-bond donors (Lipinski definition) is 1. The van der Waals surface area contributed by atoms with E-state index in [0.29, 0.717) is 25.3 Å². The number of morpholine rings is 1. The fourth-order valence-electron chi connectivity index (χ4n) is 4.15. The summed E-state index contributed by atoms with van der Waals surface area (Å²) in [4.78, 5) is 16.6. The molecule has 164 valence electrons. The zero-order valence-electron chi connectivity index (χ0n) is 17.9. The zero-order chi connectivity index (χ0) is 21.8. The van der Waals surface area contributed by atoms with E-state index in [1.165, 1.54) is 17.0 Å². The molecular formula is C24H28FN3O2S. The molecule has 0 spiro atoms. The Balaban J connectivity index is 1.49. The number of thiophene rings is 1. The van der Waals surface area contributed by atoms with Gasteiger partial charge in [-0.1, -0.05) is 18.2 Å². The van der Waals surface area contributed by atoms with Crippen LogP contribution in [0.4, 0.5) is 4.39 Å². The molecule has 5 nitrogen and oxygen atoms in total. The van der Waals surface area contributed by atoms with Gasteiger partial charge in [-0.2, -0.15) is 0 Å². The van der Waals surface area contributed by atoms with E-state index < -0.39 is 0 Å². The van der Waals surface area contributed by atoms with Gasteiger partial charge in [0.1, 0.15) is 5.82 Å². The summed E-state index contributed by atoms with van der Waals surface area (Å²) in [5.41, 5.74) is 3.73. The molecule has 1 amide bonds. The molecule has 1 aliphatic rings. The highest BCUT2D eigenvalue weighted by Gasteiger charge is 2.24. The molecule has 0 radical (unpaired) electrons. The monoisotopic (exact) mass is 441 g/mol. The topological polar surface area (TPSA) is 46.5 Å². The predicted molar refractivity (Wildman–Crippen MR) is 121 cm³/mol. The second-order valence-corrected chi connectivity index (χ2v) is 8.91. The van der Waals surface area contributed by atoms with E-state index in [1.807, 2.05) is 26.0 Å². The summed E-state index contributed by atoms with van der Waals surface area (Å²) >= 11 is 1.72. The largest absolute Gasteiger partial charge is 0.379 e. The molecule has 1 aromatic carbocycles. The highest BCUT2D eigenvalue weighted by Crippen LogP contribution is 2.23. The molecule has 3 heterocycles. The minimum Gasteiger partial charge on any atom is -0.379 e. The lowest BCUT2D eigenvalue weighted by Gasteiger charge is -2.35. The third-order valence-corrected chi connectivity index (χ3v) is 6.77. The van der Waals surface area contributed by atoms with Crippen molar-refractivity contribution >= 4 is 17.2 Å². The average molecular weight is 442 g/mol. The predicted octanol–water partition coefficient (Wildman–Crippen LogP) is 4.16. The number of halogens is 1. The van der Waals surface area contributed by atoms with E-state index in [2.05, 4.69) is 26.2 Å². The smallest absolute Gasteiger partial charge is 0.253 e. The van der Waals surface area contributed by atoms with Crippen LogP contribution in [0.3, 0.4) is 0 Å². The summed E-state index contributed by atoms with van der Waals surface area (Å²) in [6, 6.07) is 12.6. The Bertz CT molecular complexity index is 1010. The Morgan fingerprint density at radius 2 is 1.94 bits per heavy atom. The Kier molecular flexibility index (Phi) is 6.85. The summed E-state index contributed by atoms with van der Waals surface area (Å²) < 4.78 is 21.1. The van der Waals surface area contributed by atoms with E-state index >= 15 is 0 Å². The van der Waals surface area contributed by atoms with Crippen LogP contribution in [0.1, 0.15) is 38.2 Å².